The van der Waals surface area contributed by atoms with Crippen molar-refractivity contribution in [2.45, 2.75) is 24.6 Å². The maximum atomic E-state index is 12.7. The third-order valence-corrected chi connectivity index (χ3v) is 3.05. The normalized spacial score (nSPS) is 25.4. The van der Waals surface area contributed by atoms with Gasteiger partial charge in [0, 0.05) is 10.6 Å². The molecule has 0 radical (unpaired) electrons. The van der Waals surface area contributed by atoms with Gasteiger partial charge in [0.15, 0.2) is 5.60 Å². The van der Waals surface area contributed by atoms with Crippen molar-refractivity contribution in [3.05, 3.63) is 34.3 Å². The molecule has 0 fully saturated rings. The predicted molar refractivity (Wildman–Crippen MR) is 49.7 cm³/mol. The van der Waals surface area contributed by atoms with Crippen LogP contribution in [0.25, 0.3) is 0 Å². The summed E-state index contributed by atoms with van der Waals surface area (Å²) < 4.78 is 38.1. The van der Waals surface area contributed by atoms with E-state index in [9.17, 15) is 18.3 Å². The molecule has 2 rings (SSSR count). The molecule has 0 amide bonds. The number of hydrogen-bond donors (Lipinski definition) is 1. The monoisotopic (exact) mass is 236 g/mol. The van der Waals surface area contributed by atoms with Crippen LogP contribution in [0.15, 0.2) is 18.2 Å². The number of aryl methyl sites for hydroxylation is 1. The standard InChI is InChI=1S/C10H8ClF3O/c11-7-3-1-2-6-4-5-9(15,8(6)7)10(12,13)14/h1-3,15H,4-5H2. The van der Waals surface area contributed by atoms with Crippen molar-refractivity contribution in [2.75, 3.05) is 0 Å². The lowest BCUT2D eigenvalue weighted by molar-refractivity contribution is -0.265. The second-order valence-electron chi connectivity index (χ2n) is 3.63. The summed E-state index contributed by atoms with van der Waals surface area (Å²) in [6.07, 6.45) is -4.83. The van der Waals surface area contributed by atoms with Crippen molar-refractivity contribution in [2.24, 2.45) is 0 Å². The Balaban J connectivity index is 2.62. The largest absolute Gasteiger partial charge is 0.421 e. The van der Waals surface area contributed by atoms with E-state index in [-0.39, 0.29) is 23.4 Å². The Morgan fingerprint density at radius 2 is 2.00 bits per heavy atom. The fourth-order valence-electron chi connectivity index (χ4n) is 1.96. The number of benzene rings is 1. The number of rotatable bonds is 0. The van der Waals surface area contributed by atoms with Gasteiger partial charge in [0.25, 0.3) is 0 Å². The third-order valence-electron chi connectivity index (χ3n) is 2.74. The number of hydrogen-bond acceptors (Lipinski definition) is 1. The van der Waals surface area contributed by atoms with Crippen molar-refractivity contribution < 1.29 is 18.3 Å². The number of fused-ring (bicyclic) bond motifs is 1. The summed E-state index contributed by atoms with van der Waals surface area (Å²) in [5.74, 6) is 0. The quantitative estimate of drug-likeness (QED) is 0.734. The molecule has 5 heteroatoms. The van der Waals surface area contributed by atoms with Gasteiger partial charge in [0.2, 0.25) is 0 Å². The second-order valence-corrected chi connectivity index (χ2v) is 4.04. The smallest absolute Gasteiger partial charge is 0.376 e. The van der Waals surface area contributed by atoms with E-state index in [0.29, 0.717) is 5.56 Å². The summed E-state index contributed by atoms with van der Waals surface area (Å²) in [6.45, 7) is 0. The van der Waals surface area contributed by atoms with E-state index in [1.165, 1.54) is 6.07 Å². The van der Waals surface area contributed by atoms with Crippen LogP contribution in [-0.2, 0) is 12.0 Å². The maximum Gasteiger partial charge on any atom is 0.421 e. The summed E-state index contributed by atoms with van der Waals surface area (Å²) in [6, 6.07) is 4.51. The zero-order valence-electron chi connectivity index (χ0n) is 7.61. The van der Waals surface area contributed by atoms with Crippen LogP contribution < -0.4 is 0 Å². The minimum absolute atomic E-state index is 0.0233. The van der Waals surface area contributed by atoms with Crippen LogP contribution in [-0.4, -0.2) is 11.3 Å². The molecular weight excluding hydrogens is 229 g/mol. The first kappa shape index (κ1) is 10.8. The van der Waals surface area contributed by atoms with E-state index >= 15 is 0 Å². The van der Waals surface area contributed by atoms with Crippen LogP contribution in [0, 0.1) is 0 Å². The van der Waals surface area contributed by atoms with E-state index in [2.05, 4.69) is 0 Å². The molecule has 1 aliphatic rings. The molecule has 1 nitrogen and oxygen atoms in total. The van der Waals surface area contributed by atoms with Gasteiger partial charge in [-0.3, -0.25) is 0 Å². The summed E-state index contributed by atoms with van der Waals surface area (Å²) in [4.78, 5) is 0. The highest BCUT2D eigenvalue weighted by Gasteiger charge is 2.58. The van der Waals surface area contributed by atoms with Gasteiger partial charge in [0.05, 0.1) is 0 Å². The van der Waals surface area contributed by atoms with Crippen LogP contribution in [0.5, 0.6) is 0 Å². The van der Waals surface area contributed by atoms with E-state index in [4.69, 9.17) is 11.6 Å². The van der Waals surface area contributed by atoms with Crippen molar-refractivity contribution in [3.8, 4) is 0 Å². The summed E-state index contributed by atoms with van der Waals surface area (Å²) in [5, 5.41) is 9.63. The number of halogens is 4. The Morgan fingerprint density at radius 1 is 1.33 bits per heavy atom. The van der Waals surface area contributed by atoms with E-state index in [0.717, 1.165) is 0 Å². The molecule has 0 spiro atoms. The van der Waals surface area contributed by atoms with Crippen molar-refractivity contribution in [3.63, 3.8) is 0 Å². The molecule has 1 N–H and O–H groups in total. The number of alkyl halides is 3. The van der Waals surface area contributed by atoms with Gasteiger partial charge in [-0.05, 0) is 24.5 Å². The molecule has 0 saturated heterocycles. The van der Waals surface area contributed by atoms with E-state index in [1.807, 2.05) is 0 Å². The van der Waals surface area contributed by atoms with Crippen LogP contribution in [0.3, 0.4) is 0 Å². The Hall–Kier alpha value is -0.740. The van der Waals surface area contributed by atoms with Gasteiger partial charge >= 0.3 is 6.18 Å². The van der Waals surface area contributed by atoms with Gasteiger partial charge in [-0.2, -0.15) is 13.2 Å². The highest BCUT2D eigenvalue weighted by molar-refractivity contribution is 6.31. The first-order chi connectivity index (χ1) is 6.86. The molecule has 0 aliphatic heterocycles. The fraction of sp³-hybridized carbons (Fsp3) is 0.400. The molecule has 1 aromatic rings. The first-order valence-corrected chi connectivity index (χ1v) is 4.81. The Morgan fingerprint density at radius 3 is 2.60 bits per heavy atom. The predicted octanol–water partition coefficient (Wildman–Crippen LogP) is 3.04. The van der Waals surface area contributed by atoms with Gasteiger partial charge < -0.3 is 5.11 Å². The Kier molecular flexibility index (Phi) is 2.24. The second kappa shape index (κ2) is 3.12. The Bertz CT molecular complexity index is 402. The first-order valence-electron chi connectivity index (χ1n) is 4.43. The van der Waals surface area contributed by atoms with Crippen molar-refractivity contribution in [1.82, 2.24) is 0 Å². The number of aliphatic hydroxyl groups is 1. The maximum absolute atomic E-state index is 12.7. The summed E-state index contributed by atoms with van der Waals surface area (Å²) in [5.41, 5.74) is -2.48. The topological polar surface area (TPSA) is 20.2 Å². The zero-order valence-corrected chi connectivity index (χ0v) is 8.36. The molecule has 1 unspecified atom stereocenters. The average molecular weight is 237 g/mol. The minimum atomic E-state index is -4.68. The molecule has 1 atom stereocenters. The third kappa shape index (κ3) is 1.43. The summed E-state index contributed by atoms with van der Waals surface area (Å²) in [7, 11) is 0. The van der Waals surface area contributed by atoms with Gasteiger partial charge in [0.1, 0.15) is 0 Å². The lowest BCUT2D eigenvalue weighted by Crippen LogP contribution is -2.40. The average Bonchev–Trinajstić information content (AvgIpc) is 2.45. The lowest BCUT2D eigenvalue weighted by atomic mass is 9.95. The van der Waals surface area contributed by atoms with Gasteiger partial charge in [-0.1, -0.05) is 23.7 Å². The van der Waals surface area contributed by atoms with E-state index < -0.39 is 11.8 Å². The molecule has 82 valence electrons. The van der Waals surface area contributed by atoms with Gasteiger partial charge in [-0.15, -0.1) is 0 Å². The highest BCUT2D eigenvalue weighted by atomic mass is 35.5. The van der Waals surface area contributed by atoms with Gasteiger partial charge in [-0.25, -0.2) is 0 Å². The molecular formula is C10H8ClF3O. The molecule has 1 aliphatic carbocycles. The Labute approximate surface area is 89.5 Å². The van der Waals surface area contributed by atoms with Crippen molar-refractivity contribution >= 4 is 11.6 Å². The van der Waals surface area contributed by atoms with Crippen molar-refractivity contribution in [1.29, 1.82) is 0 Å². The van der Waals surface area contributed by atoms with Crippen LogP contribution in [0.2, 0.25) is 5.02 Å². The fourth-order valence-corrected chi connectivity index (χ4v) is 2.31. The van der Waals surface area contributed by atoms with Crippen LogP contribution in [0.4, 0.5) is 13.2 Å². The molecule has 0 aromatic heterocycles. The van der Waals surface area contributed by atoms with Crippen LogP contribution in [0.1, 0.15) is 17.5 Å². The molecule has 15 heavy (non-hydrogen) atoms. The molecule has 0 bridgehead atoms. The minimum Gasteiger partial charge on any atom is -0.376 e. The SMILES string of the molecule is OC1(C(F)(F)F)CCc2cccc(Cl)c21. The highest BCUT2D eigenvalue weighted by Crippen LogP contribution is 2.50. The molecule has 0 heterocycles. The molecule has 1 aromatic carbocycles. The summed E-state index contributed by atoms with van der Waals surface area (Å²) >= 11 is 5.70. The lowest BCUT2D eigenvalue weighted by Gasteiger charge is -2.27. The zero-order chi connectivity index (χ0) is 11.3. The van der Waals surface area contributed by atoms with E-state index in [1.54, 1.807) is 12.1 Å². The molecule has 0 saturated carbocycles. The van der Waals surface area contributed by atoms with Crippen LogP contribution >= 0.6 is 11.6 Å².